The van der Waals surface area contributed by atoms with E-state index >= 15 is 0 Å². The monoisotopic (exact) mass is 328 g/mol. The standard InChI is InChI=1S/C20H28N2O2/c1-24-19-9-5-4-8-16(19)17-14-18(17)20(23)22-12-10-21(11-13-22)15-6-2-3-7-15/h4-5,8-9,15,17-18H,2-3,6-7,10-14H2,1H3/t17-,18+/m0/s1. The summed E-state index contributed by atoms with van der Waals surface area (Å²) in [6, 6.07) is 8.91. The quantitative estimate of drug-likeness (QED) is 0.852. The van der Waals surface area contributed by atoms with Crippen molar-refractivity contribution < 1.29 is 9.53 Å². The fourth-order valence-electron chi connectivity index (χ4n) is 4.60. The number of para-hydroxylation sites is 1. The predicted octanol–water partition coefficient (Wildman–Crippen LogP) is 2.89. The average Bonchev–Trinajstić information content (AvgIpc) is 3.25. The van der Waals surface area contributed by atoms with E-state index in [4.69, 9.17) is 4.74 Å². The molecule has 0 spiro atoms. The van der Waals surface area contributed by atoms with Gasteiger partial charge in [-0.3, -0.25) is 9.69 Å². The van der Waals surface area contributed by atoms with Crippen molar-refractivity contribution in [2.75, 3.05) is 33.3 Å². The van der Waals surface area contributed by atoms with E-state index in [1.807, 2.05) is 18.2 Å². The summed E-state index contributed by atoms with van der Waals surface area (Å²) in [5.74, 6) is 1.79. The van der Waals surface area contributed by atoms with Crippen LogP contribution in [0.5, 0.6) is 5.75 Å². The minimum absolute atomic E-state index is 0.166. The van der Waals surface area contributed by atoms with E-state index in [9.17, 15) is 4.79 Å². The molecule has 0 unspecified atom stereocenters. The van der Waals surface area contributed by atoms with Crippen molar-refractivity contribution in [3.8, 4) is 5.75 Å². The van der Waals surface area contributed by atoms with Crippen LogP contribution in [0.2, 0.25) is 0 Å². The maximum atomic E-state index is 12.8. The zero-order valence-electron chi connectivity index (χ0n) is 14.6. The van der Waals surface area contributed by atoms with E-state index in [1.165, 1.54) is 31.2 Å². The Bertz CT molecular complexity index is 589. The number of ether oxygens (including phenoxy) is 1. The summed E-state index contributed by atoms with van der Waals surface area (Å²) in [5.41, 5.74) is 1.20. The Morgan fingerprint density at radius 2 is 1.79 bits per heavy atom. The summed E-state index contributed by atoms with van der Waals surface area (Å²) in [5, 5.41) is 0. The number of benzene rings is 1. The first-order valence-electron chi connectivity index (χ1n) is 9.43. The molecular weight excluding hydrogens is 300 g/mol. The first-order chi connectivity index (χ1) is 11.8. The van der Waals surface area contributed by atoms with Gasteiger partial charge in [0.1, 0.15) is 5.75 Å². The fourth-order valence-corrected chi connectivity index (χ4v) is 4.60. The number of nitrogens with zero attached hydrogens (tertiary/aromatic N) is 2. The molecule has 0 radical (unpaired) electrons. The lowest BCUT2D eigenvalue weighted by Crippen LogP contribution is -2.51. The van der Waals surface area contributed by atoms with Gasteiger partial charge in [0.15, 0.2) is 0 Å². The Morgan fingerprint density at radius 3 is 2.50 bits per heavy atom. The Morgan fingerprint density at radius 1 is 1.08 bits per heavy atom. The smallest absolute Gasteiger partial charge is 0.226 e. The van der Waals surface area contributed by atoms with Gasteiger partial charge in [0.25, 0.3) is 0 Å². The second-order valence-corrected chi connectivity index (χ2v) is 7.49. The number of hydrogen-bond donors (Lipinski definition) is 0. The topological polar surface area (TPSA) is 32.8 Å². The van der Waals surface area contributed by atoms with Gasteiger partial charge in [0.05, 0.1) is 7.11 Å². The lowest BCUT2D eigenvalue weighted by Gasteiger charge is -2.38. The van der Waals surface area contributed by atoms with Crippen LogP contribution < -0.4 is 4.74 Å². The van der Waals surface area contributed by atoms with E-state index in [-0.39, 0.29) is 5.92 Å². The summed E-state index contributed by atoms with van der Waals surface area (Å²) in [4.78, 5) is 17.6. The van der Waals surface area contributed by atoms with Crippen molar-refractivity contribution in [3.05, 3.63) is 29.8 Å². The molecule has 2 atom stereocenters. The maximum Gasteiger partial charge on any atom is 0.226 e. The van der Waals surface area contributed by atoms with Crippen molar-refractivity contribution >= 4 is 5.91 Å². The SMILES string of the molecule is COc1ccccc1[C@@H]1C[C@H]1C(=O)N1CCN(C2CCCC2)CC1. The third-order valence-electron chi connectivity index (χ3n) is 6.11. The highest BCUT2D eigenvalue weighted by molar-refractivity contribution is 5.83. The minimum atomic E-state index is 0.166. The molecule has 4 heteroatoms. The molecule has 1 aromatic rings. The number of rotatable bonds is 4. The fraction of sp³-hybridized carbons (Fsp3) is 0.650. The van der Waals surface area contributed by atoms with Crippen LogP contribution in [0.4, 0.5) is 0 Å². The van der Waals surface area contributed by atoms with Gasteiger partial charge in [-0.05, 0) is 36.8 Å². The van der Waals surface area contributed by atoms with Crippen LogP contribution in [-0.2, 0) is 4.79 Å². The highest BCUT2D eigenvalue weighted by Gasteiger charge is 2.47. The Balaban J connectivity index is 1.33. The third-order valence-corrected chi connectivity index (χ3v) is 6.11. The van der Waals surface area contributed by atoms with Gasteiger partial charge in [-0.2, -0.15) is 0 Å². The van der Waals surface area contributed by atoms with Gasteiger partial charge in [-0.1, -0.05) is 31.0 Å². The van der Waals surface area contributed by atoms with Gasteiger partial charge in [0, 0.05) is 38.1 Å². The number of methoxy groups -OCH3 is 1. The van der Waals surface area contributed by atoms with E-state index in [0.29, 0.717) is 11.8 Å². The highest BCUT2D eigenvalue weighted by Crippen LogP contribution is 2.51. The molecular formula is C20H28N2O2. The van der Waals surface area contributed by atoms with E-state index in [0.717, 1.165) is 44.4 Å². The highest BCUT2D eigenvalue weighted by atomic mass is 16.5. The molecule has 2 saturated carbocycles. The molecule has 3 fully saturated rings. The molecule has 1 amide bonds. The average molecular weight is 328 g/mol. The van der Waals surface area contributed by atoms with Crippen molar-refractivity contribution in [1.29, 1.82) is 0 Å². The van der Waals surface area contributed by atoms with Crippen molar-refractivity contribution in [1.82, 2.24) is 9.80 Å². The van der Waals surface area contributed by atoms with Crippen LogP contribution in [0.1, 0.15) is 43.6 Å². The number of carbonyl (C=O) groups is 1. The molecule has 2 aliphatic carbocycles. The number of carbonyl (C=O) groups excluding carboxylic acids is 1. The Labute approximate surface area is 144 Å². The minimum Gasteiger partial charge on any atom is -0.496 e. The normalized spacial score (nSPS) is 28.1. The van der Waals surface area contributed by atoms with Crippen LogP contribution in [0.25, 0.3) is 0 Å². The van der Waals surface area contributed by atoms with Crippen LogP contribution in [0.3, 0.4) is 0 Å². The largest absolute Gasteiger partial charge is 0.496 e. The summed E-state index contributed by atoms with van der Waals surface area (Å²) in [7, 11) is 1.71. The molecule has 0 bridgehead atoms. The van der Waals surface area contributed by atoms with Gasteiger partial charge < -0.3 is 9.64 Å². The second-order valence-electron chi connectivity index (χ2n) is 7.49. The Kier molecular flexibility index (Phi) is 4.49. The van der Waals surface area contributed by atoms with Crippen molar-refractivity contribution in [2.24, 2.45) is 5.92 Å². The van der Waals surface area contributed by atoms with E-state index < -0.39 is 0 Å². The lowest BCUT2D eigenvalue weighted by atomic mass is 10.1. The molecule has 1 aromatic carbocycles. The zero-order chi connectivity index (χ0) is 16.5. The van der Waals surface area contributed by atoms with Gasteiger partial charge >= 0.3 is 0 Å². The van der Waals surface area contributed by atoms with Crippen LogP contribution in [0, 0.1) is 5.92 Å². The predicted molar refractivity (Wildman–Crippen MR) is 94.3 cm³/mol. The van der Waals surface area contributed by atoms with Crippen LogP contribution >= 0.6 is 0 Å². The summed E-state index contributed by atoms with van der Waals surface area (Å²) < 4.78 is 5.46. The molecule has 0 aromatic heterocycles. The number of piperazine rings is 1. The molecule has 1 aliphatic heterocycles. The molecule has 0 N–H and O–H groups in total. The van der Waals surface area contributed by atoms with E-state index in [2.05, 4.69) is 15.9 Å². The molecule has 130 valence electrons. The number of hydrogen-bond acceptors (Lipinski definition) is 3. The molecule has 1 saturated heterocycles. The third kappa shape index (κ3) is 3.04. The van der Waals surface area contributed by atoms with Crippen molar-refractivity contribution in [3.63, 3.8) is 0 Å². The molecule has 3 aliphatic rings. The van der Waals surface area contributed by atoms with Crippen LogP contribution in [-0.4, -0.2) is 55.0 Å². The summed E-state index contributed by atoms with van der Waals surface area (Å²) in [6.45, 7) is 3.93. The first-order valence-corrected chi connectivity index (χ1v) is 9.43. The van der Waals surface area contributed by atoms with Gasteiger partial charge in [-0.25, -0.2) is 0 Å². The summed E-state index contributed by atoms with van der Waals surface area (Å²) >= 11 is 0. The second kappa shape index (κ2) is 6.75. The zero-order valence-corrected chi connectivity index (χ0v) is 14.6. The van der Waals surface area contributed by atoms with Gasteiger partial charge in [0.2, 0.25) is 5.91 Å². The molecule has 4 nitrogen and oxygen atoms in total. The number of amides is 1. The molecule has 4 rings (SSSR count). The Hall–Kier alpha value is -1.55. The van der Waals surface area contributed by atoms with Gasteiger partial charge in [-0.15, -0.1) is 0 Å². The molecule has 24 heavy (non-hydrogen) atoms. The summed E-state index contributed by atoms with van der Waals surface area (Å²) in [6.07, 6.45) is 6.44. The lowest BCUT2D eigenvalue weighted by molar-refractivity contribution is -0.134. The maximum absolute atomic E-state index is 12.8. The van der Waals surface area contributed by atoms with Crippen LogP contribution in [0.15, 0.2) is 24.3 Å². The first kappa shape index (κ1) is 15.9. The van der Waals surface area contributed by atoms with E-state index in [1.54, 1.807) is 7.11 Å². The van der Waals surface area contributed by atoms with Crippen molar-refractivity contribution in [2.45, 2.75) is 44.1 Å². The molecule has 1 heterocycles.